The third-order valence-electron chi connectivity index (χ3n) is 8.36. The van der Waals surface area contributed by atoms with E-state index in [0.717, 1.165) is 28.7 Å². The largest absolute Gasteiger partial charge is 0.378 e. The van der Waals surface area contributed by atoms with Crippen LogP contribution >= 0.6 is 0 Å². The maximum atomic E-state index is 13.2. The molecule has 162 valence electrons. The maximum absolute atomic E-state index is 13.2. The highest BCUT2D eigenvalue weighted by molar-refractivity contribution is 6.05. The Morgan fingerprint density at radius 1 is 0.938 bits per heavy atom. The summed E-state index contributed by atoms with van der Waals surface area (Å²) < 4.78 is 0. The van der Waals surface area contributed by atoms with Crippen LogP contribution in [-0.2, 0) is 0 Å². The quantitative estimate of drug-likeness (QED) is 0.484. The molecule has 5 atom stereocenters. The predicted octanol–water partition coefficient (Wildman–Crippen LogP) is 6.85. The molecule has 2 N–H and O–H groups in total. The number of rotatable bonds is 3. The van der Waals surface area contributed by atoms with Gasteiger partial charge in [-0.25, -0.2) is 0 Å². The Bertz CT molecular complexity index is 1190. The van der Waals surface area contributed by atoms with E-state index in [1.807, 2.05) is 18.2 Å². The molecule has 3 aromatic carbocycles. The molecule has 3 aliphatic rings. The van der Waals surface area contributed by atoms with E-state index in [1.165, 1.54) is 41.6 Å². The van der Waals surface area contributed by atoms with Gasteiger partial charge in [0.05, 0.1) is 6.04 Å². The lowest BCUT2D eigenvalue weighted by molar-refractivity contribution is 0.102. The zero-order chi connectivity index (χ0) is 21.8. The molecule has 0 radical (unpaired) electrons. The van der Waals surface area contributed by atoms with Gasteiger partial charge >= 0.3 is 0 Å². The van der Waals surface area contributed by atoms with Gasteiger partial charge < -0.3 is 10.6 Å². The van der Waals surface area contributed by atoms with Crippen molar-refractivity contribution in [2.75, 3.05) is 10.6 Å². The first-order valence-electron chi connectivity index (χ1n) is 11.9. The van der Waals surface area contributed by atoms with Gasteiger partial charge in [-0.15, -0.1) is 0 Å². The number of benzene rings is 3. The van der Waals surface area contributed by atoms with E-state index in [4.69, 9.17) is 0 Å². The van der Waals surface area contributed by atoms with E-state index in [1.54, 1.807) is 0 Å². The number of anilines is 2. The molecule has 0 aromatic heterocycles. The molecule has 2 aliphatic carbocycles. The fourth-order valence-electron chi connectivity index (χ4n) is 6.70. The molecule has 2 saturated carbocycles. The molecule has 0 saturated heterocycles. The van der Waals surface area contributed by atoms with Gasteiger partial charge in [0, 0.05) is 16.9 Å². The van der Waals surface area contributed by atoms with Gasteiger partial charge in [0.15, 0.2) is 0 Å². The van der Waals surface area contributed by atoms with Crippen LogP contribution in [0.2, 0.25) is 0 Å². The average Bonchev–Trinajstić information content (AvgIpc) is 3.44. The summed E-state index contributed by atoms with van der Waals surface area (Å²) >= 11 is 0. The molecule has 1 aliphatic heterocycles. The fraction of sp³-hybridized carbons (Fsp3) is 0.345. The third-order valence-corrected chi connectivity index (χ3v) is 8.36. The van der Waals surface area contributed by atoms with Crippen LogP contribution in [0, 0.1) is 31.6 Å². The predicted molar refractivity (Wildman–Crippen MR) is 130 cm³/mol. The molecule has 1 heterocycles. The monoisotopic (exact) mass is 422 g/mol. The van der Waals surface area contributed by atoms with Crippen LogP contribution in [-0.4, -0.2) is 5.91 Å². The van der Waals surface area contributed by atoms with E-state index < -0.39 is 0 Å². The van der Waals surface area contributed by atoms with Crippen molar-refractivity contribution in [3.63, 3.8) is 0 Å². The van der Waals surface area contributed by atoms with Crippen LogP contribution in [0.3, 0.4) is 0 Å². The molecule has 2 bridgehead atoms. The number of hydrogen-bond acceptors (Lipinski definition) is 2. The fourth-order valence-corrected chi connectivity index (χ4v) is 6.70. The summed E-state index contributed by atoms with van der Waals surface area (Å²) in [5.74, 6) is 2.66. The van der Waals surface area contributed by atoms with Crippen molar-refractivity contribution >= 4 is 17.3 Å². The van der Waals surface area contributed by atoms with E-state index >= 15 is 0 Å². The smallest absolute Gasteiger partial charge is 0.255 e. The minimum Gasteiger partial charge on any atom is -0.378 e. The van der Waals surface area contributed by atoms with Crippen molar-refractivity contribution in [1.82, 2.24) is 0 Å². The molecular formula is C29H30N2O. The van der Waals surface area contributed by atoms with Gasteiger partial charge in [0.1, 0.15) is 0 Å². The second kappa shape index (κ2) is 7.51. The van der Waals surface area contributed by atoms with E-state index in [-0.39, 0.29) is 5.91 Å². The molecule has 0 unspecified atom stereocenters. The van der Waals surface area contributed by atoms with Crippen molar-refractivity contribution in [3.8, 4) is 0 Å². The van der Waals surface area contributed by atoms with Crippen LogP contribution in [0.25, 0.3) is 0 Å². The highest BCUT2D eigenvalue weighted by atomic mass is 16.1. The first-order valence-corrected chi connectivity index (χ1v) is 11.9. The summed E-state index contributed by atoms with van der Waals surface area (Å²) in [5, 5.41) is 7.01. The second-order valence-electron chi connectivity index (χ2n) is 9.97. The van der Waals surface area contributed by atoms with Crippen molar-refractivity contribution in [3.05, 3.63) is 94.5 Å². The first kappa shape index (κ1) is 19.6. The molecule has 3 heteroatoms. The molecule has 2 fully saturated rings. The van der Waals surface area contributed by atoms with Crippen molar-refractivity contribution in [2.45, 2.75) is 45.1 Å². The SMILES string of the molecule is Cc1cccc(NC(=O)c2ccc3c(c2)[C@@H]2[C@H]4CC[C@@H](C4)[C@@H]2[C@@H](c2ccccc2)N3)c1C. The van der Waals surface area contributed by atoms with Gasteiger partial charge in [-0.05, 0) is 103 Å². The Labute approximate surface area is 190 Å². The first-order chi connectivity index (χ1) is 15.6. The number of hydrogen-bond donors (Lipinski definition) is 2. The Kier molecular flexibility index (Phi) is 4.60. The maximum Gasteiger partial charge on any atom is 0.255 e. The van der Waals surface area contributed by atoms with E-state index in [9.17, 15) is 4.79 Å². The van der Waals surface area contributed by atoms with E-state index in [0.29, 0.717) is 17.9 Å². The minimum atomic E-state index is -0.0219. The number of amides is 1. The third kappa shape index (κ3) is 3.06. The van der Waals surface area contributed by atoms with Gasteiger partial charge in [0.25, 0.3) is 5.91 Å². The van der Waals surface area contributed by atoms with Gasteiger partial charge in [-0.3, -0.25) is 4.79 Å². The highest BCUT2D eigenvalue weighted by Crippen LogP contribution is 2.63. The zero-order valence-electron chi connectivity index (χ0n) is 18.8. The Morgan fingerprint density at radius 3 is 2.59 bits per heavy atom. The molecule has 3 nitrogen and oxygen atoms in total. The highest BCUT2D eigenvalue weighted by Gasteiger charge is 2.53. The normalized spacial score (nSPS) is 27.4. The van der Waals surface area contributed by atoms with Crippen LogP contribution in [0.1, 0.15) is 63.8 Å². The lowest BCUT2D eigenvalue weighted by Crippen LogP contribution is -2.35. The number of fused-ring (bicyclic) bond motifs is 7. The number of aryl methyl sites for hydroxylation is 1. The zero-order valence-corrected chi connectivity index (χ0v) is 18.8. The molecule has 32 heavy (non-hydrogen) atoms. The van der Waals surface area contributed by atoms with Crippen molar-refractivity contribution in [1.29, 1.82) is 0 Å². The Balaban J connectivity index is 1.35. The molecule has 0 spiro atoms. The molecule has 3 aromatic rings. The average molecular weight is 423 g/mol. The number of nitrogens with one attached hydrogen (secondary N) is 2. The Morgan fingerprint density at radius 2 is 1.75 bits per heavy atom. The van der Waals surface area contributed by atoms with Crippen LogP contribution in [0.15, 0.2) is 66.7 Å². The summed E-state index contributed by atoms with van der Waals surface area (Å²) in [7, 11) is 0. The summed E-state index contributed by atoms with van der Waals surface area (Å²) in [4.78, 5) is 13.2. The standard InChI is InChI=1S/C29H30N2O/c1-17-7-6-10-24(18(17)2)31-29(32)22-13-14-25-23(16-22)26-20-11-12-21(15-20)27(26)28(30-25)19-8-4-3-5-9-19/h3-10,13-14,16,20-21,26-28,30H,11-12,15H2,1-2H3,(H,31,32)/t20-,21-,26-,27-,28+/m0/s1. The van der Waals surface area contributed by atoms with Gasteiger partial charge in [0.2, 0.25) is 0 Å². The summed E-state index contributed by atoms with van der Waals surface area (Å²) in [5.41, 5.74) is 7.91. The second-order valence-corrected chi connectivity index (χ2v) is 9.97. The number of carbonyl (C=O) groups excluding carboxylic acids is 1. The summed E-state index contributed by atoms with van der Waals surface area (Å²) in [6.07, 6.45) is 4.00. The number of carbonyl (C=O) groups is 1. The van der Waals surface area contributed by atoms with Crippen LogP contribution in [0.5, 0.6) is 0 Å². The minimum absolute atomic E-state index is 0.0219. The molecule has 6 rings (SSSR count). The summed E-state index contributed by atoms with van der Waals surface area (Å²) in [6, 6.07) is 23.6. The van der Waals surface area contributed by atoms with E-state index in [2.05, 4.69) is 73.0 Å². The lowest BCUT2D eigenvalue weighted by Gasteiger charge is -2.43. The van der Waals surface area contributed by atoms with Crippen molar-refractivity contribution in [2.24, 2.45) is 17.8 Å². The lowest BCUT2D eigenvalue weighted by atomic mass is 9.68. The van der Waals surface area contributed by atoms with Crippen LogP contribution in [0.4, 0.5) is 11.4 Å². The molecule has 1 amide bonds. The summed E-state index contributed by atoms with van der Waals surface area (Å²) in [6.45, 7) is 4.14. The topological polar surface area (TPSA) is 41.1 Å². The van der Waals surface area contributed by atoms with Gasteiger partial charge in [-0.2, -0.15) is 0 Å². The Hall–Kier alpha value is -3.07. The van der Waals surface area contributed by atoms with Gasteiger partial charge in [-0.1, -0.05) is 42.5 Å². The van der Waals surface area contributed by atoms with Crippen molar-refractivity contribution < 1.29 is 4.79 Å². The van der Waals surface area contributed by atoms with Crippen LogP contribution < -0.4 is 10.6 Å². The molecular weight excluding hydrogens is 392 g/mol.